The number of imide groups is 2. The average Bonchev–Trinajstić information content (AvgIpc) is 3.32. The molecule has 0 saturated heterocycles. The lowest BCUT2D eigenvalue weighted by Crippen LogP contribution is -2.38. The van der Waals surface area contributed by atoms with Crippen molar-refractivity contribution in [3.8, 4) is 0 Å². The molecule has 0 unspecified atom stereocenters. The van der Waals surface area contributed by atoms with Gasteiger partial charge in [-0.2, -0.15) is 0 Å². The Morgan fingerprint density at radius 1 is 0.758 bits per heavy atom. The summed E-state index contributed by atoms with van der Waals surface area (Å²) in [5.41, 5.74) is 1.38. The largest absolute Gasteiger partial charge is 0.292 e. The molecule has 0 bridgehead atoms. The van der Waals surface area contributed by atoms with Crippen LogP contribution >= 0.6 is 0 Å². The van der Waals surface area contributed by atoms with Gasteiger partial charge in [0.05, 0.1) is 16.9 Å². The van der Waals surface area contributed by atoms with Crippen molar-refractivity contribution in [1.82, 2.24) is 10.6 Å². The van der Waals surface area contributed by atoms with Crippen molar-refractivity contribution in [2.24, 2.45) is 17.7 Å². The molecule has 4 amide bonds. The van der Waals surface area contributed by atoms with Crippen molar-refractivity contribution in [2.45, 2.75) is 44.9 Å². The van der Waals surface area contributed by atoms with E-state index in [9.17, 15) is 19.2 Å². The zero-order chi connectivity index (χ0) is 23.4. The zero-order valence-electron chi connectivity index (χ0n) is 18.4. The molecule has 8 nitrogen and oxygen atoms in total. The molecule has 0 aliphatic heterocycles. The number of hydrogen-bond donors (Lipinski definition) is 3. The number of nitrogens with one attached hydrogen (secondary N) is 2. The molecular weight excluding hydrogens is 420 g/mol. The monoisotopic (exact) mass is 448 g/mol. The third-order valence-electron chi connectivity index (χ3n) is 6.47. The van der Waals surface area contributed by atoms with E-state index in [4.69, 9.17) is 5.84 Å². The van der Waals surface area contributed by atoms with E-state index >= 15 is 0 Å². The van der Waals surface area contributed by atoms with Crippen molar-refractivity contribution in [2.75, 3.05) is 5.01 Å². The van der Waals surface area contributed by atoms with E-state index in [1.807, 2.05) is 0 Å². The number of amides is 4. The van der Waals surface area contributed by atoms with E-state index < -0.39 is 11.8 Å². The summed E-state index contributed by atoms with van der Waals surface area (Å²) in [5.74, 6) is 4.58. The topological polar surface area (TPSA) is 122 Å². The fourth-order valence-corrected chi connectivity index (χ4v) is 4.24. The Bertz CT molecular complexity index is 1070. The van der Waals surface area contributed by atoms with Crippen LogP contribution in [0, 0.1) is 11.8 Å². The number of nitrogens with zero attached hydrogens (tertiary/aromatic N) is 1. The van der Waals surface area contributed by atoms with Crippen LogP contribution in [0.3, 0.4) is 0 Å². The second-order valence-electron chi connectivity index (χ2n) is 8.68. The molecule has 2 saturated carbocycles. The van der Waals surface area contributed by atoms with E-state index in [2.05, 4.69) is 10.6 Å². The first kappa shape index (κ1) is 22.7. The minimum atomic E-state index is -0.516. The first-order chi connectivity index (χ1) is 15.9. The quantitative estimate of drug-likeness (QED) is 0.354. The van der Waals surface area contributed by atoms with Crippen LogP contribution in [-0.4, -0.2) is 23.6 Å². The summed E-state index contributed by atoms with van der Waals surface area (Å²) >= 11 is 0. The van der Waals surface area contributed by atoms with Gasteiger partial charge in [0.15, 0.2) is 0 Å². The lowest BCUT2D eigenvalue weighted by molar-refractivity contribution is -0.126. The van der Waals surface area contributed by atoms with Crippen LogP contribution in [0.15, 0.2) is 48.5 Å². The van der Waals surface area contributed by atoms with Crippen molar-refractivity contribution in [3.63, 3.8) is 0 Å². The number of anilines is 2. The zero-order valence-corrected chi connectivity index (χ0v) is 18.4. The van der Waals surface area contributed by atoms with Gasteiger partial charge in [-0.3, -0.25) is 34.8 Å². The predicted molar refractivity (Wildman–Crippen MR) is 123 cm³/mol. The highest BCUT2D eigenvalue weighted by Crippen LogP contribution is 2.28. The van der Waals surface area contributed by atoms with E-state index in [0.717, 1.165) is 44.9 Å². The first-order valence-corrected chi connectivity index (χ1v) is 11.4. The van der Waals surface area contributed by atoms with Gasteiger partial charge in [0.2, 0.25) is 11.8 Å². The van der Waals surface area contributed by atoms with Gasteiger partial charge < -0.3 is 0 Å². The second-order valence-corrected chi connectivity index (χ2v) is 8.68. The van der Waals surface area contributed by atoms with Crippen LogP contribution < -0.4 is 21.5 Å². The van der Waals surface area contributed by atoms with Crippen LogP contribution in [0.2, 0.25) is 0 Å². The number of para-hydroxylation sites is 1. The van der Waals surface area contributed by atoms with Gasteiger partial charge in [0.25, 0.3) is 11.8 Å². The molecule has 4 N–H and O–H groups in total. The lowest BCUT2D eigenvalue weighted by Gasteiger charge is -2.24. The summed E-state index contributed by atoms with van der Waals surface area (Å²) in [6.45, 7) is 0. The van der Waals surface area contributed by atoms with Crippen molar-refractivity contribution in [3.05, 3.63) is 59.7 Å². The highest BCUT2D eigenvalue weighted by atomic mass is 16.2. The van der Waals surface area contributed by atoms with E-state index in [-0.39, 0.29) is 34.8 Å². The molecule has 33 heavy (non-hydrogen) atoms. The molecule has 0 atom stereocenters. The molecule has 4 rings (SSSR count). The minimum absolute atomic E-state index is 0.0968. The number of benzene rings is 2. The standard InChI is InChI=1S/C25H28N4O4/c26-29(19-12-6-11-18(15-19)24(32)27-22(30)17-9-5-10-17)21-14-4-3-13-20(21)25(33)28-23(31)16-7-1-2-8-16/h3-4,6,11-17H,1-2,5,7-10,26H2,(H,27,30,32)(H,28,31,33). The van der Waals surface area contributed by atoms with Crippen LogP contribution in [0.5, 0.6) is 0 Å². The molecule has 0 radical (unpaired) electrons. The summed E-state index contributed by atoms with van der Waals surface area (Å²) in [6.07, 6.45) is 6.19. The Morgan fingerprint density at radius 3 is 2.00 bits per heavy atom. The fraction of sp³-hybridized carbons (Fsp3) is 0.360. The summed E-state index contributed by atoms with van der Waals surface area (Å²) < 4.78 is 0. The number of hydrazine groups is 1. The average molecular weight is 449 g/mol. The normalized spacial score (nSPS) is 16.0. The molecule has 2 aromatic rings. The van der Waals surface area contributed by atoms with Crippen LogP contribution in [0.25, 0.3) is 0 Å². The third kappa shape index (κ3) is 5.12. The van der Waals surface area contributed by atoms with Gasteiger partial charge in [0.1, 0.15) is 0 Å². The number of hydrogen-bond acceptors (Lipinski definition) is 6. The molecular formula is C25H28N4O4. The van der Waals surface area contributed by atoms with Gasteiger partial charge in [-0.25, -0.2) is 5.84 Å². The highest BCUT2D eigenvalue weighted by molar-refractivity contribution is 6.09. The molecule has 0 heterocycles. The number of nitrogens with two attached hydrogens (primary N) is 1. The first-order valence-electron chi connectivity index (χ1n) is 11.4. The van der Waals surface area contributed by atoms with Crippen molar-refractivity contribution >= 4 is 35.0 Å². The lowest BCUT2D eigenvalue weighted by atomic mass is 9.85. The van der Waals surface area contributed by atoms with E-state index in [1.165, 1.54) is 5.01 Å². The summed E-state index contributed by atoms with van der Waals surface area (Å²) in [7, 11) is 0. The molecule has 0 spiro atoms. The van der Waals surface area contributed by atoms with Crippen LogP contribution in [0.1, 0.15) is 65.7 Å². The minimum Gasteiger partial charge on any atom is -0.292 e. The van der Waals surface area contributed by atoms with E-state index in [0.29, 0.717) is 11.4 Å². The Morgan fingerprint density at radius 2 is 1.36 bits per heavy atom. The second kappa shape index (κ2) is 9.95. The molecule has 2 aliphatic rings. The van der Waals surface area contributed by atoms with E-state index in [1.54, 1.807) is 48.5 Å². The summed E-state index contributed by atoms with van der Waals surface area (Å²) in [5, 5.41) is 6.23. The van der Waals surface area contributed by atoms with Gasteiger partial charge in [-0.05, 0) is 56.0 Å². The van der Waals surface area contributed by atoms with Gasteiger partial charge in [-0.1, -0.05) is 37.5 Å². The predicted octanol–water partition coefficient (Wildman–Crippen LogP) is 3.20. The van der Waals surface area contributed by atoms with Crippen LogP contribution in [0.4, 0.5) is 11.4 Å². The Hall–Kier alpha value is -3.52. The molecule has 2 fully saturated rings. The summed E-state index contributed by atoms with van der Waals surface area (Å²) in [4.78, 5) is 49.9. The Balaban J connectivity index is 1.50. The number of carbonyl (C=O) groups excluding carboxylic acids is 4. The Kier molecular flexibility index (Phi) is 6.84. The van der Waals surface area contributed by atoms with Gasteiger partial charge >= 0.3 is 0 Å². The van der Waals surface area contributed by atoms with Crippen LogP contribution in [-0.2, 0) is 9.59 Å². The fourth-order valence-electron chi connectivity index (χ4n) is 4.24. The summed E-state index contributed by atoms with van der Waals surface area (Å²) in [6, 6.07) is 13.2. The van der Waals surface area contributed by atoms with Crippen molar-refractivity contribution in [1.29, 1.82) is 0 Å². The van der Waals surface area contributed by atoms with Gasteiger partial charge in [0, 0.05) is 17.4 Å². The molecule has 2 aliphatic carbocycles. The maximum Gasteiger partial charge on any atom is 0.260 e. The Labute approximate surface area is 192 Å². The molecule has 8 heteroatoms. The smallest absolute Gasteiger partial charge is 0.260 e. The third-order valence-corrected chi connectivity index (χ3v) is 6.47. The number of carbonyl (C=O) groups is 4. The molecule has 2 aromatic carbocycles. The highest BCUT2D eigenvalue weighted by Gasteiger charge is 2.27. The SMILES string of the molecule is NN(c1cccc(C(=O)NC(=O)C2CCC2)c1)c1ccccc1C(=O)NC(=O)C1CCCC1. The molecule has 0 aromatic heterocycles. The molecule has 172 valence electrons. The van der Waals surface area contributed by atoms with Gasteiger partial charge in [-0.15, -0.1) is 0 Å². The maximum atomic E-state index is 12.8. The number of rotatable bonds is 6. The maximum absolute atomic E-state index is 12.8. The van der Waals surface area contributed by atoms with Crippen molar-refractivity contribution < 1.29 is 19.2 Å².